The SMILES string of the molecule is Cc1cc(SCC(=O)NCc2cccnc2)c(C)cc1Br. The van der Waals surface area contributed by atoms with Crippen LogP contribution < -0.4 is 5.32 Å². The molecule has 0 spiro atoms. The van der Waals surface area contributed by atoms with Crippen LogP contribution in [0.25, 0.3) is 0 Å². The molecule has 5 heteroatoms. The summed E-state index contributed by atoms with van der Waals surface area (Å²) in [6, 6.07) is 8.01. The van der Waals surface area contributed by atoms with Crippen LogP contribution in [0.4, 0.5) is 0 Å². The molecule has 1 N–H and O–H groups in total. The van der Waals surface area contributed by atoms with E-state index in [1.54, 1.807) is 24.2 Å². The first-order chi connectivity index (χ1) is 10.1. The van der Waals surface area contributed by atoms with Gasteiger partial charge in [0, 0.05) is 28.3 Å². The molecule has 0 aliphatic rings. The lowest BCUT2D eigenvalue weighted by atomic mass is 10.2. The largest absolute Gasteiger partial charge is 0.351 e. The molecule has 0 atom stereocenters. The minimum absolute atomic E-state index is 0.0313. The molecule has 21 heavy (non-hydrogen) atoms. The molecule has 0 fully saturated rings. The molecular weight excluding hydrogens is 348 g/mol. The van der Waals surface area contributed by atoms with Crippen molar-refractivity contribution >= 4 is 33.6 Å². The van der Waals surface area contributed by atoms with Crippen molar-refractivity contribution in [1.82, 2.24) is 10.3 Å². The number of benzene rings is 1. The van der Waals surface area contributed by atoms with E-state index >= 15 is 0 Å². The van der Waals surface area contributed by atoms with Crippen molar-refractivity contribution < 1.29 is 4.79 Å². The molecule has 1 aromatic carbocycles. The fourth-order valence-corrected chi connectivity index (χ4v) is 3.20. The van der Waals surface area contributed by atoms with E-state index in [-0.39, 0.29) is 5.91 Å². The van der Waals surface area contributed by atoms with Gasteiger partial charge in [-0.25, -0.2) is 0 Å². The Hall–Kier alpha value is -1.33. The number of aryl methyl sites for hydroxylation is 2. The molecule has 0 saturated heterocycles. The number of hydrogen-bond donors (Lipinski definition) is 1. The summed E-state index contributed by atoms with van der Waals surface area (Å²) in [5, 5.41) is 2.91. The fourth-order valence-electron chi connectivity index (χ4n) is 1.81. The average molecular weight is 365 g/mol. The highest BCUT2D eigenvalue weighted by atomic mass is 79.9. The number of carbonyl (C=O) groups excluding carboxylic acids is 1. The number of pyridine rings is 1. The van der Waals surface area contributed by atoms with Gasteiger partial charge in [0.25, 0.3) is 0 Å². The first kappa shape index (κ1) is 16.0. The Morgan fingerprint density at radius 3 is 2.86 bits per heavy atom. The summed E-state index contributed by atoms with van der Waals surface area (Å²) in [5.74, 6) is 0.450. The van der Waals surface area contributed by atoms with Crippen LogP contribution in [0, 0.1) is 13.8 Å². The van der Waals surface area contributed by atoms with Gasteiger partial charge < -0.3 is 5.32 Å². The molecule has 3 nitrogen and oxygen atoms in total. The Labute approximate surface area is 137 Å². The van der Waals surface area contributed by atoms with Crippen molar-refractivity contribution in [3.05, 3.63) is 57.8 Å². The van der Waals surface area contributed by atoms with Crippen LogP contribution in [0.3, 0.4) is 0 Å². The molecule has 0 unspecified atom stereocenters. The third kappa shape index (κ3) is 4.86. The predicted octanol–water partition coefficient (Wildman–Crippen LogP) is 3.87. The molecule has 0 saturated carbocycles. The van der Waals surface area contributed by atoms with Crippen LogP contribution in [0.5, 0.6) is 0 Å². The summed E-state index contributed by atoms with van der Waals surface area (Å²) in [6.07, 6.45) is 3.48. The first-order valence-corrected chi connectivity index (χ1v) is 8.39. The molecule has 110 valence electrons. The zero-order valence-corrected chi connectivity index (χ0v) is 14.4. The number of thioether (sulfide) groups is 1. The van der Waals surface area contributed by atoms with Gasteiger partial charge in [0.1, 0.15) is 0 Å². The Bertz CT molecular complexity index is 632. The van der Waals surface area contributed by atoms with Crippen LogP contribution in [-0.2, 0) is 11.3 Å². The smallest absolute Gasteiger partial charge is 0.230 e. The summed E-state index contributed by atoms with van der Waals surface area (Å²) >= 11 is 5.08. The van der Waals surface area contributed by atoms with Crippen LogP contribution in [-0.4, -0.2) is 16.6 Å². The molecule has 0 bridgehead atoms. The third-order valence-electron chi connectivity index (χ3n) is 3.03. The molecule has 1 amide bonds. The number of hydrogen-bond acceptors (Lipinski definition) is 3. The molecule has 1 aromatic heterocycles. The number of amides is 1. The van der Waals surface area contributed by atoms with Crippen molar-refractivity contribution in [1.29, 1.82) is 0 Å². The Balaban J connectivity index is 1.85. The summed E-state index contributed by atoms with van der Waals surface area (Å²) < 4.78 is 1.10. The minimum Gasteiger partial charge on any atom is -0.351 e. The Morgan fingerprint density at radius 1 is 1.33 bits per heavy atom. The number of aromatic nitrogens is 1. The zero-order chi connectivity index (χ0) is 15.2. The van der Waals surface area contributed by atoms with E-state index in [2.05, 4.69) is 52.2 Å². The predicted molar refractivity (Wildman–Crippen MR) is 90.4 cm³/mol. The topological polar surface area (TPSA) is 42.0 Å². The average Bonchev–Trinajstić information content (AvgIpc) is 2.48. The summed E-state index contributed by atoms with van der Waals surface area (Å²) in [5.41, 5.74) is 3.36. The molecule has 2 aromatic rings. The molecule has 1 heterocycles. The van der Waals surface area contributed by atoms with Gasteiger partial charge >= 0.3 is 0 Å². The van der Waals surface area contributed by atoms with Crippen molar-refractivity contribution in [2.24, 2.45) is 0 Å². The number of carbonyl (C=O) groups is 1. The van der Waals surface area contributed by atoms with E-state index in [0.29, 0.717) is 12.3 Å². The van der Waals surface area contributed by atoms with Gasteiger partial charge in [-0.05, 0) is 48.7 Å². The van der Waals surface area contributed by atoms with Gasteiger partial charge in [0.15, 0.2) is 0 Å². The van der Waals surface area contributed by atoms with Gasteiger partial charge in [-0.15, -0.1) is 11.8 Å². The summed E-state index contributed by atoms with van der Waals surface area (Å²) in [6.45, 7) is 4.63. The third-order valence-corrected chi connectivity index (χ3v) is 5.04. The van der Waals surface area contributed by atoms with Gasteiger partial charge in [0.2, 0.25) is 5.91 Å². The quantitative estimate of drug-likeness (QED) is 0.818. The van der Waals surface area contributed by atoms with Gasteiger partial charge in [-0.2, -0.15) is 0 Å². The highest BCUT2D eigenvalue weighted by Gasteiger charge is 2.07. The number of halogens is 1. The molecule has 0 radical (unpaired) electrons. The Kier molecular flexibility index (Phi) is 5.82. The maximum absolute atomic E-state index is 11.9. The van der Waals surface area contributed by atoms with Crippen molar-refractivity contribution in [3.8, 4) is 0 Å². The maximum Gasteiger partial charge on any atom is 0.230 e. The molecular formula is C16H17BrN2OS. The van der Waals surface area contributed by atoms with Gasteiger partial charge in [-0.1, -0.05) is 22.0 Å². The van der Waals surface area contributed by atoms with E-state index in [9.17, 15) is 4.79 Å². The van der Waals surface area contributed by atoms with Crippen LogP contribution in [0.2, 0.25) is 0 Å². The Morgan fingerprint density at radius 2 is 2.14 bits per heavy atom. The number of nitrogens with zero attached hydrogens (tertiary/aromatic N) is 1. The second-order valence-electron chi connectivity index (χ2n) is 4.79. The minimum atomic E-state index is 0.0313. The highest BCUT2D eigenvalue weighted by molar-refractivity contribution is 9.10. The second-order valence-corrected chi connectivity index (χ2v) is 6.67. The molecule has 0 aliphatic heterocycles. The lowest BCUT2D eigenvalue weighted by molar-refractivity contribution is -0.118. The highest BCUT2D eigenvalue weighted by Crippen LogP contribution is 2.28. The van der Waals surface area contributed by atoms with Crippen molar-refractivity contribution in [3.63, 3.8) is 0 Å². The van der Waals surface area contributed by atoms with E-state index in [0.717, 1.165) is 14.9 Å². The second kappa shape index (κ2) is 7.61. The lowest BCUT2D eigenvalue weighted by Gasteiger charge is -2.09. The maximum atomic E-state index is 11.9. The number of nitrogens with one attached hydrogen (secondary N) is 1. The van der Waals surface area contributed by atoms with Gasteiger partial charge in [-0.3, -0.25) is 9.78 Å². The lowest BCUT2D eigenvalue weighted by Crippen LogP contribution is -2.24. The fraction of sp³-hybridized carbons (Fsp3) is 0.250. The van der Waals surface area contributed by atoms with Crippen molar-refractivity contribution in [2.45, 2.75) is 25.3 Å². The molecule has 2 rings (SSSR count). The van der Waals surface area contributed by atoms with E-state index in [4.69, 9.17) is 0 Å². The standard InChI is InChI=1S/C16H17BrN2OS/c1-11-7-15(12(2)6-14(11)17)21-10-16(20)19-9-13-4-3-5-18-8-13/h3-8H,9-10H2,1-2H3,(H,19,20). The monoisotopic (exact) mass is 364 g/mol. The van der Waals surface area contributed by atoms with Crippen LogP contribution in [0.1, 0.15) is 16.7 Å². The first-order valence-electron chi connectivity index (χ1n) is 6.61. The van der Waals surface area contributed by atoms with E-state index in [1.807, 2.05) is 12.1 Å². The molecule has 0 aliphatic carbocycles. The van der Waals surface area contributed by atoms with Gasteiger partial charge in [0.05, 0.1) is 5.75 Å². The summed E-state index contributed by atoms with van der Waals surface area (Å²) in [7, 11) is 0. The zero-order valence-electron chi connectivity index (χ0n) is 12.0. The van der Waals surface area contributed by atoms with E-state index in [1.165, 1.54) is 11.1 Å². The van der Waals surface area contributed by atoms with Crippen molar-refractivity contribution in [2.75, 3.05) is 5.75 Å². The van der Waals surface area contributed by atoms with Crippen LogP contribution >= 0.6 is 27.7 Å². The number of rotatable bonds is 5. The normalized spacial score (nSPS) is 10.4. The summed E-state index contributed by atoms with van der Waals surface area (Å²) in [4.78, 5) is 17.1. The van der Waals surface area contributed by atoms with E-state index < -0.39 is 0 Å². The van der Waals surface area contributed by atoms with Crippen LogP contribution in [0.15, 0.2) is 46.0 Å².